The van der Waals surface area contributed by atoms with Gasteiger partial charge in [0.05, 0.1) is 6.42 Å². The molecule has 3 aromatic rings. The summed E-state index contributed by atoms with van der Waals surface area (Å²) in [6.07, 6.45) is 1.11. The first-order valence-electron chi connectivity index (χ1n) is 9.23. The third-order valence-corrected chi connectivity index (χ3v) is 5.13. The number of hydrogen-bond donors (Lipinski definition) is 1. The van der Waals surface area contributed by atoms with Crippen LogP contribution in [-0.4, -0.2) is 50.0 Å². The van der Waals surface area contributed by atoms with E-state index < -0.39 is 0 Å². The highest BCUT2D eigenvalue weighted by Gasteiger charge is 2.23. The number of nitrogens with zero attached hydrogens (tertiary/aromatic N) is 5. The highest BCUT2D eigenvalue weighted by molar-refractivity contribution is 5.77. The van der Waals surface area contributed by atoms with Crippen LogP contribution in [-0.2, 0) is 24.2 Å². The molecule has 0 saturated carbocycles. The first-order chi connectivity index (χ1) is 13.0. The molecule has 2 aromatic heterocycles. The lowest BCUT2D eigenvalue weighted by Gasteiger charge is -2.34. The summed E-state index contributed by atoms with van der Waals surface area (Å²) in [5.41, 5.74) is 4.59. The summed E-state index contributed by atoms with van der Waals surface area (Å²) in [4.78, 5) is 23.4. The van der Waals surface area contributed by atoms with Gasteiger partial charge in [-0.05, 0) is 44.5 Å². The van der Waals surface area contributed by atoms with Crippen LogP contribution in [0.2, 0.25) is 0 Å². The van der Waals surface area contributed by atoms with Gasteiger partial charge < -0.3 is 5.32 Å². The SMILES string of the molecule is Cc1cc(C)n2nc(CC(=O)NC[C@H]3Cc4ccccc4CN3C)nc2n1. The summed E-state index contributed by atoms with van der Waals surface area (Å²) in [5.74, 6) is 0.975. The molecule has 1 aliphatic heterocycles. The first-order valence-corrected chi connectivity index (χ1v) is 9.23. The lowest BCUT2D eigenvalue weighted by atomic mass is 9.94. The van der Waals surface area contributed by atoms with E-state index in [9.17, 15) is 4.79 Å². The van der Waals surface area contributed by atoms with Crippen LogP contribution in [0.15, 0.2) is 30.3 Å². The van der Waals surface area contributed by atoms with Gasteiger partial charge in [-0.3, -0.25) is 9.69 Å². The van der Waals surface area contributed by atoms with Crippen molar-refractivity contribution in [1.29, 1.82) is 0 Å². The number of hydrogen-bond acceptors (Lipinski definition) is 5. The smallest absolute Gasteiger partial charge is 0.252 e. The second-order valence-electron chi connectivity index (χ2n) is 7.30. The Labute approximate surface area is 158 Å². The molecule has 1 amide bonds. The molecule has 7 heteroatoms. The quantitative estimate of drug-likeness (QED) is 0.758. The van der Waals surface area contributed by atoms with Gasteiger partial charge >= 0.3 is 0 Å². The molecule has 7 nitrogen and oxygen atoms in total. The lowest BCUT2D eigenvalue weighted by molar-refractivity contribution is -0.120. The Balaban J connectivity index is 1.38. The second kappa shape index (κ2) is 7.08. The molecule has 4 rings (SSSR count). The molecule has 0 fully saturated rings. The molecule has 0 unspecified atom stereocenters. The molecular weight excluding hydrogens is 340 g/mol. The highest BCUT2D eigenvalue weighted by Crippen LogP contribution is 2.21. The molecule has 0 radical (unpaired) electrons. The van der Waals surface area contributed by atoms with Crippen LogP contribution in [0.1, 0.15) is 28.3 Å². The van der Waals surface area contributed by atoms with Gasteiger partial charge in [0.15, 0.2) is 5.82 Å². The van der Waals surface area contributed by atoms with E-state index in [0.717, 1.165) is 24.4 Å². The minimum Gasteiger partial charge on any atom is -0.354 e. The Kier molecular flexibility index (Phi) is 4.61. The zero-order valence-corrected chi connectivity index (χ0v) is 15.9. The van der Waals surface area contributed by atoms with Gasteiger partial charge in [-0.2, -0.15) is 4.98 Å². The largest absolute Gasteiger partial charge is 0.354 e. The first kappa shape index (κ1) is 17.6. The van der Waals surface area contributed by atoms with Crippen LogP contribution < -0.4 is 5.32 Å². The summed E-state index contributed by atoms with van der Waals surface area (Å²) in [6, 6.07) is 10.7. The minimum absolute atomic E-state index is 0.0625. The van der Waals surface area contributed by atoms with Crippen LogP contribution in [0.25, 0.3) is 5.78 Å². The van der Waals surface area contributed by atoms with Crippen LogP contribution >= 0.6 is 0 Å². The van der Waals surface area contributed by atoms with Crippen molar-refractivity contribution < 1.29 is 4.79 Å². The summed E-state index contributed by atoms with van der Waals surface area (Å²) in [7, 11) is 2.10. The van der Waals surface area contributed by atoms with E-state index >= 15 is 0 Å². The number of fused-ring (bicyclic) bond motifs is 2. The predicted molar refractivity (Wildman–Crippen MR) is 102 cm³/mol. The number of aromatic nitrogens is 4. The number of carbonyl (C=O) groups is 1. The Morgan fingerprint density at radius 3 is 2.81 bits per heavy atom. The molecular formula is C20H24N6O. The van der Waals surface area contributed by atoms with E-state index in [-0.39, 0.29) is 12.3 Å². The topological polar surface area (TPSA) is 75.4 Å². The third-order valence-electron chi connectivity index (χ3n) is 5.13. The maximum absolute atomic E-state index is 12.4. The molecule has 1 aliphatic rings. The molecule has 1 aromatic carbocycles. The van der Waals surface area contributed by atoms with Crippen molar-refractivity contribution in [3.63, 3.8) is 0 Å². The van der Waals surface area contributed by atoms with E-state index in [4.69, 9.17) is 0 Å². The van der Waals surface area contributed by atoms with E-state index in [1.807, 2.05) is 19.9 Å². The summed E-state index contributed by atoms with van der Waals surface area (Å²) in [5, 5.41) is 7.45. The zero-order chi connectivity index (χ0) is 19.0. The van der Waals surface area contributed by atoms with Gasteiger partial charge in [-0.1, -0.05) is 24.3 Å². The molecule has 1 N–H and O–H groups in total. The normalized spacial score (nSPS) is 17.1. The van der Waals surface area contributed by atoms with Crippen molar-refractivity contribution in [1.82, 2.24) is 29.8 Å². The molecule has 140 valence electrons. The number of likely N-dealkylation sites (N-methyl/N-ethyl adjacent to an activating group) is 1. The van der Waals surface area contributed by atoms with Crippen molar-refractivity contribution in [3.8, 4) is 0 Å². The second-order valence-corrected chi connectivity index (χ2v) is 7.30. The Bertz CT molecular complexity index is 995. The number of aryl methyl sites for hydroxylation is 2. The number of rotatable bonds is 4. The van der Waals surface area contributed by atoms with Gasteiger partial charge in [-0.25, -0.2) is 9.50 Å². The molecule has 0 saturated heterocycles. The third kappa shape index (κ3) is 3.68. The Morgan fingerprint density at radius 1 is 1.22 bits per heavy atom. The van der Waals surface area contributed by atoms with E-state index in [1.165, 1.54) is 11.1 Å². The van der Waals surface area contributed by atoms with Crippen LogP contribution in [0.4, 0.5) is 0 Å². The van der Waals surface area contributed by atoms with Crippen molar-refractivity contribution in [3.05, 3.63) is 58.7 Å². The highest BCUT2D eigenvalue weighted by atomic mass is 16.1. The van der Waals surface area contributed by atoms with E-state index in [2.05, 4.69) is 56.6 Å². The predicted octanol–water partition coefficient (Wildman–Crippen LogP) is 1.46. The maximum Gasteiger partial charge on any atom is 0.252 e. The number of benzene rings is 1. The number of carbonyl (C=O) groups excluding carboxylic acids is 1. The standard InChI is InChI=1S/C20H24N6O/c1-13-8-14(2)26-20(22-13)23-18(24-26)10-19(27)21-11-17-9-15-6-4-5-7-16(15)12-25(17)3/h4-8,17H,9-12H2,1-3H3,(H,21,27)/t17-/m1/s1. The van der Waals surface area contributed by atoms with Crippen molar-refractivity contribution in [2.75, 3.05) is 13.6 Å². The molecule has 0 spiro atoms. The average molecular weight is 364 g/mol. The Hall–Kier alpha value is -2.80. The summed E-state index contributed by atoms with van der Waals surface area (Å²) < 4.78 is 1.68. The minimum atomic E-state index is -0.0625. The van der Waals surface area contributed by atoms with Crippen molar-refractivity contribution in [2.24, 2.45) is 0 Å². The molecule has 0 bridgehead atoms. The van der Waals surface area contributed by atoms with Gasteiger partial charge in [0.2, 0.25) is 5.91 Å². The fraction of sp³-hybridized carbons (Fsp3) is 0.400. The summed E-state index contributed by atoms with van der Waals surface area (Å²) >= 11 is 0. The van der Waals surface area contributed by atoms with Gasteiger partial charge in [0.25, 0.3) is 5.78 Å². The van der Waals surface area contributed by atoms with Crippen molar-refractivity contribution in [2.45, 2.75) is 39.3 Å². The molecule has 27 heavy (non-hydrogen) atoms. The monoisotopic (exact) mass is 364 g/mol. The zero-order valence-electron chi connectivity index (χ0n) is 15.9. The number of amides is 1. The molecule has 0 aliphatic carbocycles. The van der Waals surface area contributed by atoms with Crippen molar-refractivity contribution >= 4 is 11.7 Å². The Morgan fingerprint density at radius 2 is 2.00 bits per heavy atom. The van der Waals surface area contributed by atoms with E-state index in [0.29, 0.717) is 24.2 Å². The van der Waals surface area contributed by atoms with Gasteiger partial charge in [0.1, 0.15) is 0 Å². The molecule has 1 atom stereocenters. The maximum atomic E-state index is 12.4. The lowest BCUT2D eigenvalue weighted by Crippen LogP contribution is -2.45. The fourth-order valence-electron chi connectivity index (χ4n) is 3.67. The fourth-order valence-corrected chi connectivity index (χ4v) is 3.67. The average Bonchev–Trinajstić information content (AvgIpc) is 3.02. The summed E-state index contributed by atoms with van der Waals surface area (Å²) in [6.45, 7) is 5.41. The number of nitrogens with one attached hydrogen (secondary N) is 1. The van der Waals surface area contributed by atoms with Gasteiger partial charge in [0, 0.05) is 30.5 Å². The molecule has 3 heterocycles. The van der Waals surface area contributed by atoms with Crippen LogP contribution in [0.3, 0.4) is 0 Å². The van der Waals surface area contributed by atoms with Gasteiger partial charge in [-0.15, -0.1) is 5.10 Å². The van der Waals surface area contributed by atoms with Crippen LogP contribution in [0.5, 0.6) is 0 Å². The van der Waals surface area contributed by atoms with E-state index in [1.54, 1.807) is 4.52 Å². The van der Waals surface area contributed by atoms with Crippen LogP contribution in [0, 0.1) is 13.8 Å².